The van der Waals surface area contributed by atoms with Crippen LogP contribution in [-0.4, -0.2) is 95.9 Å². The molecule has 0 fully saturated rings. The lowest BCUT2D eigenvalue weighted by Crippen LogP contribution is -2.30. The lowest BCUT2D eigenvalue weighted by atomic mass is 10.1. The number of hydrogen-bond donors (Lipinski definition) is 4. The second kappa shape index (κ2) is 76.8. The number of unbranched alkanes of at least 4 members (excludes halogenated alkanes) is 25. The minimum Gasteiger partial charge on any atom is -0.463 e. The van der Waals surface area contributed by atoms with E-state index in [2.05, 4.69) is 179 Å². The molecular weight excluding hydrogens is 1340 g/mol. The Bertz CT molecular complexity index is 2500. The summed E-state index contributed by atoms with van der Waals surface area (Å²) in [6.07, 6.45) is 95.5. The molecule has 5 unspecified atom stereocenters. The van der Waals surface area contributed by atoms with Crippen molar-refractivity contribution in [3.05, 3.63) is 158 Å². The van der Waals surface area contributed by atoms with Crippen LogP contribution in [0.15, 0.2) is 158 Å². The van der Waals surface area contributed by atoms with E-state index < -0.39 is 91.5 Å². The van der Waals surface area contributed by atoms with Gasteiger partial charge in [0.05, 0.1) is 26.4 Å². The van der Waals surface area contributed by atoms with E-state index in [0.717, 1.165) is 173 Å². The Morgan fingerprint density at radius 2 is 0.515 bits per heavy atom. The summed E-state index contributed by atoms with van der Waals surface area (Å²) in [5.41, 5.74) is 0. The van der Waals surface area contributed by atoms with Crippen molar-refractivity contribution in [3.63, 3.8) is 0 Å². The molecule has 0 amide bonds. The van der Waals surface area contributed by atoms with Gasteiger partial charge in [0.2, 0.25) is 0 Å². The summed E-state index contributed by atoms with van der Waals surface area (Å²) in [7, 11) is -9.82. The van der Waals surface area contributed by atoms with Gasteiger partial charge in [-0.25, -0.2) is 9.13 Å². The number of esters is 3. The van der Waals surface area contributed by atoms with Gasteiger partial charge in [0.25, 0.3) is 0 Å². The van der Waals surface area contributed by atoms with Gasteiger partial charge in [0.15, 0.2) is 6.10 Å². The summed E-state index contributed by atoms with van der Waals surface area (Å²) in [6.45, 7) is 2.46. The molecule has 0 aliphatic heterocycles. The molecule has 16 nitrogen and oxygen atoms in total. The number of rotatable bonds is 74. The molecule has 4 N–H and O–H groups in total. The van der Waals surface area contributed by atoms with Gasteiger partial charge in [-0.05, 0) is 154 Å². The highest BCUT2D eigenvalue weighted by molar-refractivity contribution is 7.47. The average molecular weight is 1480 g/mol. The molecule has 0 spiro atoms. The lowest BCUT2D eigenvalue weighted by Gasteiger charge is -2.21. The van der Waals surface area contributed by atoms with Crippen molar-refractivity contribution >= 4 is 33.6 Å². The number of aliphatic hydroxyl groups is 2. The van der Waals surface area contributed by atoms with E-state index >= 15 is 0 Å². The van der Waals surface area contributed by atoms with Gasteiger partial charge in [0.1, 0.15) is 25.4 Å². The quantitative estimate of drug-likeness (QED) is 0.0146. The summed E-state index contributed by atoms with van der Waals surface area (Å²) < 4.78 is 61.2. The van der Waals surface area contributed by atoms with Gasteiger partial charge in [-0.1, -0.05) is 288 Å². The number of aliphatic hydroxyl groups excluding tert-OH is 2. The summed E-state index contributed by atoms with van der Waals surface area (Å²) in [4.78, 5) is 58.7. The molecule has 588 valence electrons. The molecule has 0 saturated carbocycles. The molecule has 18 heteroatoms. The number of hydrogen-bond acceptors (Lipinski definition) is 14. The first kappa shape index (κ1) is 98.2. The van der Waals surface area contributed by atoms with Crippen molar-refractivity contribution in [1.29, 1.82) is 0 Å². The number of ether oxygens (including phenoxy) is 3. The van der Waals surface area contributed by atoms with Gasteiger partial charge in [-0.15, -0.1) is 0 Å². The van der Waals surface area contributed by atoms with Crippen molar-refractivity contribution in [2.75, 3.05) is 39.6 Å². The summed E-state index contributed by atoms with van der Waals surface area (Å²) in [5.74, 6) is -1.63. The smallest absolute Gasteiger partial charge is 0.463 e. The Kier molecular flexibility index (Phi) is 73.2. The molecule has 0 heterocycles. The third-order valence-electron chi connectivity index (χ3n) is 16.2. The first-order valence-corrected chi connectivity index (χ1v) is 42.8. The maximum absolute atomic E-state index is 13.0. The fraction of sp³-hybridized carbons (Fsp3) is 0.659. The number of carbonyl (C=O) groups excluding carboxylic acids is 3. The Morgan fingerprint density at radius 1 is 0.282 bits per heavy atom. The second-order valence-corrected chi connectivity index (χ2v) is 29.0. The van der Waals surface area contributed by atoms with Gasteiger partial charge in [0, 0.05) is 19.3 Å². The van der Waals surface area contributed by atoms with Gasteiger partial charge < -0.3 is 34.2 Å². The van der Waals surface area contributed by atoms with E-state index in [1.54, 1.807) is 0 Å². The molecule has 0 aromatic carbocycles. The van der Waals surface area contributed by atoms with E-state index in [-0.39, 0.29) is 19.3 Å². The number of allylic oxidation sites excluding steroid dienone is 26. The zero-order valence-corrected chi connectivity index (χ0v) is 66.0. The van der Waals surface area contributed by atoms with Crippen LogP contribution in [0, 0.1) is 0 Å². The molecule has 0 aromatic rings. The molecular formula is C85H142O16P2. The van der Waals surface area contributed by atoms with Crippen molar-refractivity contribution in [2.24, 2.45) is 0 Å². The minimum absolute atomic E-state index is 0.0738. The van der Waals surface area contributed by atoms with Crippen LogP contribution in [0.2, 0.25) is 0 Å². The Balaban J connectivity index is 4.72. The standard InChI is InChI=1S/C85H142O16P2/c1-4-7-10-13-16-19-22-25-28-31-34-37-38-39-40-43-45-47-50-53-56-59-62-65-68-71-83(88)95-74-80(86)75-97-102(91,92)98-76-81(87)77-99-103(93,94)100-79-82(101-85(90)73-70-67-64-61-58-55-52-49-46-42-36-33-30-27-24-21-18-15-12-9-6-3)78-96-84(89)72-69-66-63-60-57-54-51-48-44-41-35-32-29-26-23-20-17-14-11-8-5-2/h7,10,16-21,25-30,34-37,39-42,48-49,51-52,80-82,86-87H,4-6,8-9,11-15,22-24,31-33,38,43-47,50,53-79H2,1-3H3,(H,91,92)(H,93,94)/b10-7-,19-16-,20-17-,21-18-,28-25-,29-26-,30-27-,37-34-,40-39-,41-35-,42-36-,51-48-,52-49-. The number of phosphoric ester groups is 2. The topological polar surface area (TPSA) is 231 Å². The van der Waals surface area contributed by atoms with Crippen LogP contribution in [0.4, 0.5) is 0 Å². The fourth-order valence-corrected chi connectivity index (χ4v) is 11.7. The van der Waals surface area contributed by atoms with Crippen LogP contribution in [0.3, 0.4) is 0 Å². The molecule has 0 aliphatic carbocycles. The van der Waals surface area contributed by atoms with Gasteiger partial charge in [-0.3, -0.25) is 32.5 Å². The molecule has 0 radical (unpaired) electrons. The summed E-state index contributed by atoms with van der Waals surface area (Å²) in [5, 5.41) is 20.6. The molecule has 0 bridgehead atoms. The fourth-order valence-electron chi connectivity index (χ4n) is 10.2. The molecule has 5 atom stereocenters. The highest BCUT2D eigenvalue weighted by Crippen LogP contribution is 2.45. The van der Waals surface area contributed by atoms with Crippen molar-refractivity contribution in [1.82, 2.24) is 0 Å². The Morgan fingerprint density at radius 3 is 0.816 bits per heavy atom. The highest BCUT2D eigenvalue weighted by Gasteiger charge is 2.29. The van der Waals surface area contributed by atoms with E-state index in [4.69, 9.17) is 32.3 Å². The maximum atomic E-state index is 13.0. The van der Waals surface area contributed by atoms with Crippen LogP contribution in [0.1, 0.15) is 303 Å². The van der Waals surface area contributed by atoms with Crippen molar-refractivity contribution < 1.29 is 75.8 Å². The van der Waals surface area contributed by atoms with Crippen LogP contribution >= 0.6 is 15.6 Å². The van der Waals surface area contributed by atoms with Crippen LogP contribution in [0.5, 0.6) is 0 Å². The van der Waals surface area contributed by atoms with E-state index in [0.29, 0.717) is 19.3 Å². The Hall–Kier alpha value is -4.83. The maximum Gasteiger partial charge on any atom is 0.472 e. The average Bonchev–Trinajstić information content (AvgIpc) is 0.921. The Labute approximate surface area is 625 Å². The van der Waals surface area contributed by atoms with Gasteiger partial charge in [-0.2, -0.15) is 0 Å². The third-order valence-corrected chi connectivity index (χ3v) is 18.1. The normalized spacial score (nSPS) is 14.8. The number of phosphoric acid groups is 2. The van der Waals surface area contributed by atoms with Crippen LogP contribution in [-0.2, 0) is 55.8 Å². The van der Waals surface area contributed by atoms with Crippen LogP contribution < -0.4 is 0 Å². The zero-order chi connectivity index (χ0) is 75.2. The first-order valence-electron chi connectivity index (χ1n) is 39.8. The van der Waals surface area contributed by atoms with Crippen LogP contribution in [0.25, 0.3) is 0 Å². The second-order valence-electron chi connectivity index (χ2n) is 26.1. The molecule has 0 rings (SSSR count). The summed E-state index contributed by atoms with van der Waals surface area (Å²) in [6, 6.07) is 0. The number of carbonyl (C=O) groups is 3. The van der Waals surface area contributed by atoms with Crippen molar-refractivity contribution in [3.8, 4) is 0 Å². The van der Waals surface area contributed by atoms with E-state index in [1.165, 1.54) is 70.6 Å². The molecule has 103 heavy (non-hydrogen) atoms. The molecule has 0 aliphatic rings. The van der Waals surface area contributed by atoms with E-state index in [9.17, 15) is 43.5 Å². The SMILES string of the molecule is CC/C=C\C/C=C\C/C=C\C/C=C\C/C=C\CCCCCCCCCCCC(=O)OCC(O)COP(=O)(O)OCC(O)COP(=O)(O)OCC(COC(=O)CCCCCCC/C=C\C/C=C\C/C=C\C/C=C\CCCCC)OC(=O)CCCCCCC/C=C\C/C=C\C/C=C\C/C=C\CCCCC. The first-order chi connectivity index (χ1) is 50.2. The van der Waals surface area contributed by atoms with Gasteiger partial charge >= 0.3 is 33.6 Å². The van der Waals surface area contributed by atoms with E-state index in [1.807, 2.05) is 0 Å². The highest BCUT2D eigenvalue weighted by atomic mass is 31.2. The van der Waals surface area contributed by atoms with Crippen molar-refractivity contribution in [2.45, 2.75) is 322 Å². The molecule has 0 saturated heterocycles. The summed E-state index contributed by atoms with van der Waals surface area (Å²) >= 11 is 0. The predicted molar refractivity (Wildman–Crippen MR) is 426 cm³/mol. The third kappa shape index (κ3) is 78.1. The monoisotopic (exact) mass is 1480 g/mol. The largest absolute Gasteiger partial charge is 0.472 e. The molecule has 0 aromatic heterocycles. The lowest BCUT2D eigenvalue weighted by molar-refractivity contribution is -0.161. The zero-order valence-electron chi connectivity index (χ0n) is 64.2. The predicted octanol–water partition coefficient (Wildman–Crippen LogP) is 23.4. The minimum atomic E-state index is -4.95.